The number of methoxy groups -OCH3 is 1. The van der Waals surface area contributed by atoms with E-state index in [1.165, 1.54) is 0 Å². The van der Waals surface area contributed by atoms with Crippen LogP contribution < -0.4 is 10.5 Å². The number of ether oxygens (including phenoxy) is 1. The average molecular weight is 269 g/mol. The molecule has 0 spiro atoms. The zero-order chi connectivity index (χ0) is 13.2. The normalized spacial score (nSPS) is 24.4. The zero-order valence-corrected chi connectivity index (χ0v) is 11.3. The maximum Gasteiger partial charge on any atom is 0.155 e. The molecule has 18 heavy (non-hydrogen) atoms. The van der Waals surface area contributed by atoms with E-state index in [-0.39, 0.29) is 5.75 Å². The van der Waals surface area contributed by atoms with Gasteiger partial charge in [0.15, 0.2) is 9.84 Å². The molecule has 0 radical (unpaired) electrons. The zero-order valence-electron chi connectivity index (χ0n) is 10.5. The van der Waals surface area contributed by atoms with Crippen LogP contribution in [0.2, 0.25) is 0 Å². The van der Waals surface area contributed by atoms with Gasteiger partial charge in [0.05, 0.1) is 24.2 Å². The molecular weight excluding hydrogens is 250 g/mol. The lowest BCUT2D eigenvalue weighted by Crippen LogP contribution is -2.38. The van der Waals surface area contributed by atoms with Gasteiger partial charge >= 0.3 is 0 Å². The maximum absolute atomic E-state index is 12.1. The van der Waals surface area contributed by atoms with Crippen molar-refractivity contribution in [2.75, 3.05) is 12.9 Å². The van der Waals surface area contributed by atoms with Crippen molar-refractivity contribution in [1.29, 1.82) is 0 Å². The summed E-state index contributed by atoms with van der Waals surface area (Å²) in [6.07, 6.45) is 2.31. The van der Waals surface area contributed by atoms with E-state index in [9.17, 15) is 8.42 Å². The molecule has 0 saturated carbocycles. The van der Waals surface area contributed by atoms with Gasteiger partial charge in [-0.15, -0.1) is 0 Å². The average Bonchev–Trinajstić information content (AvgIpc) is 2.37. The Morgan fingerprint density at radius 3 is 2.72 bits per heavy atom. The number of benzene rings is 1. The molecule has 100 valence electrons. The molecule has 1 heterocycles. The highest BCUT2D eigenvalue weighted by atomic mass is 32.2. The quantitative estimate of drug-likeness (QED) is 0.906. The van der Waals surface area contributed by atoms with Crippen molar-refractivity contribution >= 4 is 9.84 Å². The van der Waals surface area contributed by atoms with Crippen LogP contribution in [0.5, 0.6) is 5.75 Å². The van der Waals surface area contributed by atoms with Crippen molar-refractivity contribution in [3.8, 4) is 5.75 Å². The van der Waals surface area contributed by atoms with Gasteiger partial charge < -0.3 is 10.5 Å². The first kappa shape index (κ1) is 13.4. The van der Waals surface area contributed by atoms with Gasteiger partial charge in [0.25, 0.3) is 0 Å². The van der Waals surface area contributed by atoms with Gasteiger partial charge in [-0.2, -0.15) is 0 Å². The van der Waals surface area contributed by atoms with E-state index in [4.69, 9.17) is 10.5 Å². The highest BCUT2D eigenvalue weighted by Crippen LogP contribution is 2.33. The van der Waals surface area contributed by atoms with Crippen LogP contribution in [0.1, 0.15) is 30.9 Å². The van der Waals surface area contributed by atoms with Gasteiger partial charge in [-0.25, -0.2) is 8.42 Å². The standard InChI is InChI=1S/C13H19NO3S/c1-17-11-7-3-2-6-10(11)13(14)12-8-4-5-9-18(12,15)16/h2-3,6-7,12-13H,4-5,8-9,14H2,1H3. The molecule has 1 aromatic rings. The van der Waals surface area contributed by atoms with E-state index >= 15 is 0 Å². The van der Waals surface area contributed by atoms with E-state index < -0.39 is 21.1 Å². The molecule has 2 unspecified atom stereocenters. The highest BCUT2D eigenvalue weighted by molar-refractivity contribution is 7.92. The van der Waals surface area contributed by atoms with Crippen LogP contribution in [-0.4, -0.2) is 26.5 Å². The second kappa shape index (κ2) is 5.28. The Hall–Kier alpha value is -1.07. The van der Waals surface area contributed by atoms with Crippen molar-refractivity contribution in [2.45, 2.75) is 30.6 Å². The fourth-order valence-corrected chi connectivity index (χ4v) is 4.55. The highest BCUT2D eigenvalue weighted by Gasteiger charge is 2.35. The predicted molar refractivity (Wildman–Crippen MR) is 71.3 cm³/mol. The van der Waals surface area contributed by atoms with Crippen LogP contribution in [0.15, 0.2) is 24.3 Å². The Balaban J connectivity index is 2.33. The number of para-hydroxylation sites is 1. The van der Waals surface area contributed by atoms with Gasteiger partial charge in [0, 0.05) is 5.56 Å². The second-order valence-corrected chi connectivity index (χ2v) is 7.01. The number of rotatable bonds is 3. The van der Waals surface area contributed by atoms with Crippen LogP contribution in [0, 0.1) is 0 Å². The first-order chi connectivity index (χ1) is 8.56. The Morgan fingerprint density at radius 2 is 2.06 bits per heavy atom. The lowest BCUT2D eigenvalue weighted by Gasteiger charge is -2.28. The first-order valence-electron chi connectivity index (χ1n) is 6.16. The molecule has 0 aromatic heterocycles. The van der Waals surface area contributed by atoms with Crippen molar-refractivity contribution in [2.24, 2.45) is 5.73 Å². The molecular formula is C13H19NO3S. The van der Waals surface area contributed by atoms with E-state index in [1.807, 2.05) is 24.3 Å². The monoisotopic (exact) mass is 269 g/mol. The third-order valence-electron chi connectivity index (χ3n) is 3.53. The topological polar surface area (TPSA) is 69.4 Å². The molecule has 0 bridgehead atoms. The lowest BCUT2D eigenvalue weighted by molar-refractivity contribution is 0.402. The smallest absolute Gasteiger partial charge is 0.155 e. The summed E-state index contributed by atoms with van der Waals surface area (Å²) < 4.78 is 29.4. The van der Waals surface area contributed by atoms with Crippen LogP contribution in [0.4, 0.5) is 0 Å². The molecule has 2 N–H and O–H groups in total. The van der Waals surface area contributed by atoms with E-state index in [1.54, 1.807) is 7.11 Å². The fourth-order valence-electron chi connectivity index (χ4n) is 2.52. The third-order valence-corrected chi connectivity index (χ3v) is 5.84. The van der Waals surface area contributed by atoms with Gasteiger partial charge in [0.2, 0.25) is 0 Å². The summed E-state index contributed by atoms with van der Waals surface area (Å²) in [5.41, 5.74) is 6.94. The molecule has 2 atom stereocenters. The Morgan fingerprint density at radius 1 is 1.33 bits per heavy atom. The second-order valence-electron chi connectivity index (χ2n) is 4.67. The Labute approximate surface area is 108 Å². The van der Waals surface area contributed by atoms with E-state index in [0.29, 0.717) is 12.2 Å². The number of nitrogens with two attached hydrogens (primary N) is 1. The van der Waals surface area contributed by atoms with Gasteiger partial charge in [-0.1, -0.05) is 24.6 Å². The summed E-state index contributed by atoms with van der Waals surface area (Å²) in [5.74, 6) is 0.909. The molecule has 4 nitrogen and oxygen atoms in total. The molecule has 1 saturated heterocycles. The first-order valence-corrected chi connectivity index (χ1v) is 7.88. The lowest BCUT2D eigenvalue weighted by atomic mass is 9.99. The minimum atomic E-state index is -3.08. The van der Waals surface area contributed by atoms with Gasteiger partial charge in [0.1, 0.15) is 5.75 Å². The fraction of sp³-hybridized carbons (Fsp3) is 0.538. The summed E-state index contributed by atoms with van der Waals surface area (Å²) in [6.45, 7) is 0. The molecule has 0 aliphatic carbocycles. The van der Waals surface area contributed by atoms with E-state index in [2.05, 4.69) is 0 Å². The number of sulfone groups is 1. The summed E-state index contributed by atoms with van der Waals surface area (Å²) in [7, 11) is -1.51. The molecule has 1 aliphatic heterocycles. The molecule has 5 heteroatoms. The number of hydrogen-bond donors (Lipinski definition) is 1. The summed E-state index contributed by atoms with van der Waals surface area (Å²) in [6, 6.07) is 6.85. The Bertz CT molecular complexity index is 513. The molecule has 1 aliphatic rings. The van der Waals surface area contributed by atoms with Crippen LogP contribution in [0.3, 0.4) is 0 Å². The van der Waals surface area contributed by atoms with Crippen LogP contribution in [-0.2, 0) is 9.84 Å². The van der Waals surface area contributed by atoms with Crippen molar-refractivity contribution in [3.63, 3.8) is 0 Å². The summed E-state index contributed by atoms with van der Waals surface area (Å²) in [4.78, 5) is 0. The molecule has 2 rings (SSSR count). The summed E-state index contributed by atoms with van der Waals surface area (Å²) in [5, 5.41) is -0.484. The minimum Gasteiger partial charge on any atom is -0.496 e. The van der Waals surface area contributed by atoms with Crippen LogP contribution in [0.25, 0.3) is 0 Å². The number of hydrogen-bond acceptors (Lipinski definition) is 4. The largest absolute Gasteiger partial charge is 0.496 e. The van der Waals surface area contributed by atoms with Crippen molar-refractivity contribution in [1.82, 2.24) is 0 Å². The van der Waals surface area contributed by atoms with Gasteiger partial charge in [-0.05, 0) is 18.9 Å². The SMILES string of the molecule is COc1ccccc1C(N)C1CCCCS1(=O)=O. The third kappa shape index (κ3) is 2.52. The molecule has 1 aromatic carbocycles. The molecule has 0 amide bonds. The van der Waals surface area contributed by atoms with Crippen molar-refractivity contribution < 1.29 is 13.2 Å². The van der Waals surface area contributed by atoms with Crippen LogP contribution >= 0.6 is 0 Å². The van der Waals surface area contributed by atoms with E-state index in [0.717, 1.165) is 18.4 Å². The van der Waals surface area contributed by atoms with Gasteiger partial charge in [-0.3, -0.25) is 0 Å². The maximum atomic E-state index is 12.1. The Kier molecular flexibility index (Phi) is 3.92. The van der Waals surface area contributed by atoms with Crippen molar-refractivity contribution in [3.05, 3.63) is 29.8 Å². The minimum absolute atomic E-state index is 0.251. The molecule has 1 fully saturated rings. The summed E-state index contributed by atoms with van der Waals surface area (Å²) >= 11 is 0. The predicted octanol–water partition coefficient (Wildman–Crippen LogP) is 1.66.